The topological polar surface area (TPSA) is 18.5 Å². The number of hydrogen-bond donors (Lipinski definition) is 0. The molecule has 0 saturated heterocycles. The second-order valence-electron chi connectivity index (χ2n) is 2.17. The van der Waals surface area contributed by atoms with E-state index in [1.54, 1.807) is 12.1 Å². The first-order valence-corrected chi connectivity index (χ1v) is 4.05. The molecule has 0 saturated carbocycles. The van der Waals surface area contributed by atoms with E-state index in [1.165, 1.54) is 0 Å². The molecule has 1 rings (SSSR count). The fraction of sp³-hybridized carbons (Fsp3) is 0.400. The van der Waals surface area contributed by atoms with Crippen LogP contribution in [0.15, 0.2) is 12.1 Å². The van der Waals surface area contributed by atoms with Crippen LogP contribution < -0.4 is 9.47 Å². The van der Waals surface area contributed by atoms with Gasteiger partial charge in [-0.05, 0) is 32.0 Å². The lowest BCUT2D eigenvalue weighted by molar-refractivity contribution is 0.321. The minimum atomic E-state index is 0.639. The van der Waals surface area contributed by atoms with Crippen molar-refractivity contribution in [2.24, 2.45) is 0 Å². The van der Waals surface area contributed by atoms with Crippen LogP contribution in [-0.4, -0.2) is 13.2 Å². The first kappa shape index (κ1) is 8.91. The van der Waals surface area contributed by atoms with Crippen LogP contribution in [0.2, 0.25) is 0 Å². The maximum Gasteiger partial charge on any atom is 0.131 e. The van der Waals surface area contributed by atoms with Crippen molar-refractivity contribution in [3.8, 4) is 11.5 Å². The molecule has 1 aromatic carbocycles. The summed E-state index contributed by atoms with van der Waals surface area (Å²) in [6, 6.07) is 9.37. The third-order valence-corrected chi connectivity index (χ3v) is 1.27. The van der Waals surface area contributed by atoms with Crippen molar-refractivity contribution in [3.05, 3.63) is 24.3 Å². The molecule has 0 aromatic heterocycles. The molecule has 64 valence electrons. The Morgan fingerprint density at radius 3 is 2.00 bits per heavy atom. The zero-order chi connectivity index (χ0) is 8.81. The van der Waals surface area contributed by atoms with Gasteiger partial charge in [0.2, 0.25) is 0 Å². The maximum atomic E-state index is 5.23. The standard InChI is InChI=1S/C10H12O2/c1-3-11-9-6-5-7-10(8-9)12-4-2/h6-7H,3-4H2,1-2H3. The van der Waals surface area contributed by atoms with Gasteiger partial charge in [-0.3, -0.25) is 0 Å². The third-order valence-electron chi connectivity index (χ3n) is 1.27. The summed E-state index contributed by atoms with van der Waals surface area (Å²) in [5.41, 5.74) is 0. The van der Waals surface area contributed by atoms with E-state index in [0.29, 0.717) is 24.7 Å². The lowest BCUT2D eigenvalue weighted by Crippen LogP contribution is -1.94. The normalized spacial score (nSPS) is 9.50. The molecular weight excluding hydrogens is 152 g/mol. The van der Waals surface area contributed by atoms with Crippen LogP contribution in [0.4, 0.5) is 0 Å². The van der Waals surface area contributed by atoms with E-state index in [9.17, 15) is 0 Å². The molecule has 2 heteroatoms. The summed E-state index contributed by atoms with van der Waals surface area (Å²) >= 11 is 0. The molecule has 0 fully saturated rings. The molecule has 2 radical (unpaired) electrons. The van der Waals surface area contributed by atoms with Gasteiger partial charge in [-0.25, -0.2) is 0 Å². The Morgan fingerprint density at radius 2 is 1.58 bits per heavy atom. The van der Waals surface area contributed by atoms with E-state index < -0.39 is 0 Å². The van der Waals surface area contributed by atoms with Gasteiger partial charge in [0.25, 0.3) is 0 Å². The Bertz CT molecular complexity index is 212. The van der Waals surface area contributed by atoms with E-state index in [2.05, 4.69) is 12.1 Å². The first-order valence-electron chi connectivity index (χ1n) is 4.05. The molecule has 0 heterocycles. The molecule has 0 aliphatic rings. The minimum absolute atomic E-state index is 0.639. The molecule has 0 aliphatic heterocycles. The fourth-order valence-electron chi connectivity index (χ4n) is 0.853. The van der Waals surface area contributed by atoms with Gasteiger partial charge in [0.05, 0.1) is 19.3 Å². The van der Waals surface area contributed by atoms with Gasteiger partial charge in [0.15, 0.2) is 0 Å². The average molecular weight is 164 g/mol. The number of hydrogen-bond acceptors (Lipinski definition) is 2. The molecular formula is C10H12O2. The van der Waals surface area contributed by atoms with Crippen molar-refractivity contribution < 1.29 is 9.47 Å². The highest BCUT2D eigenvalue weighted by molar-refractivity contribution is 5.30. The summed E-state index contributed by atoms with van der Waals surface area (Å²) in [7, 11) is 0. The van der Waals surface area contributed by atoms with Gasteiger partial charge in [-0.2, -0.15) is 0 Å². The predicted molar refractivity (Wildman–Crippen MR) is 46.5 cm³/mol. The van der Waals surface area contributed by atoms with E-state index in [1.807, 2.05) is 13.8 Å². The summed E-state index contributed by atoms with van der Waals surface area (Å²) in [4.78, 5) is 0. The summed E-state index contributed by atoms with van der Waals surface area (Å²) in [5.74, 6) is 1.37. The van der Waals surface area contributed by atoms with Gasteiger partial charge in [0, 0.05) is 0 Å². The second kappa shape index (κ2) is 4.65. The SMILES string of the molecule is CCOc1[c]c(OCC)c[c]c1. The highest BCUT2D eigenvalue weighted by atomic mass is 16.5. The molecule has 0 amide bonds. The molecule has 0 unspecified atom stereocenters. The van der Waals surface area contributed by atoms with Crippen molar-refractivity contribution in [1.29, 1.82) is 0 Å². The summed E-state index contributed by atoms with van der Waals surface area (Å²) in [6.07, 6.45) is 0. The van der Waals surface area contributed by atoms with E-state index in [4.69, 9.17) is 9.47 Å². The van der Waals surface area contributed by atoms with Gasteiger partial charge in [-0.1, -0.05) is 0 Å². The predicted octanol–water partition coefficient (Wildman–Crippen LogP) is 2.08. The third kappa shape index (κ3) is 2.46. The lowest BCUT2D eigenvalue weighted by Gasteiger charge is -2.04. The Hall–Kier alpha value is -1.18. The zero-order valence-corrected chi connectivity index (χ0v) is 7.39. The molecule has 1 aromatic rings. The second-order valence-corrected chi connectivity index (χ2v) is 2.17. The van der Waals surface area contributed by atoms with Crippen molar-refractivity contribution in [1.82, 2.24) is 0 Å². The van der Waals surface area contributed by atoms with Crippen LogP contribution >= 0.6 is 0 Å². The van der Waals surface area contributed by atoms with Crippen molar-refractivity contribution in [3.63, 3.8) is 0 Å². The molecule has 0 spiro atoms. The highest BCUT2D eigenvalue weighted by Crippen LogP contribution is 2.17. The van der Waals surface area contributed by atoms with Gasteiger partial charge >= 0.3 is 0 Å². The molecule has 0 bridgehead atoms. The molecule has 0 aliphatic carbocycles. The van der Waals surface area contributed by atoms with Crippen molar-refractivity contribution in [2.45, 2.75) is 13.8 Å². The van der Waals surface area contributed by atoms with Gasteiger partial charge < -0.3 is 9.47 Å². The van der Waals surface area contributed by atoms with Crippen molar-refractivity contribution in [2.75, 3.05) is 13.2 Å². The monoisotopic (exact) mass is 164 g/mol. The molecule has 12 heavy (non-hydrogen) atoms. The minimum Gasteiger partial charge on any atom is -0.493 e. The zero-order valence-electron chi connectivity index (χ0n) is 7.39. The first-order chi connectivity index (χ1) is 5.86. The maximum absolute atomic E-state index is 5.23. The summed E-state index contributed by atoms with van der Waals surface area (Å²) in [5, 5.41) is 0. The lowest BCUT2D eigenvalue weighted by atomic mass is 10.3. The number of rotatable bonds is 4. The van der Waals surface area contributed by atoms with Crippen LogP contribution in [0.5, 0.6) is 11.5 Å². The van der Waals surface area contributed by atoms with Crippen LogP contribution in [0.25, 0.3) is 0 Å². The number of benzene rings is 1. The van der Waals surface area contributed by atoms with Gasteiger partial charge in [-0.15, -0.1) is 0 Å². The number of ether oxygens (including phenoxy) is 2. The van der Waals surface area contributed by atoms with Crippen LogP contribution in [0.3, 0.4) is 0 Å². The largest absolute Gasteiger partial charge is 0.493 e. The van der Waals surface area contributed by atoms with Crippen LogP contribution in [-0.2, 0) is 0 Å². The molecule has 0 atom stereocenters. The highest BCUT2D eigenvalue weighted by Gasteiger charge is 1.96. The molecule has 2 nitrogen and oxygen atoms in total. The fourth-order valence-corrected chi connectivity index (χ4v) is 0.853. The van der Waals surface area contributed by atoms with E-state index >= 15 is 0 Å². The Kier molecular flexibility index (Phi) is 3.45. The van der Waals surface area contributed by atoms with Crippen molar-refractivity contribution >= 4 is 0 Å². The Labute approximate surface area is 73.1 Å². The Morgan fingerprint density at radius 1 is 1.08 bits per heavy atom. The summed E-state index contributed by atoms with van der Waals surface area (Å²) < 4.78 is 10.5. The van der Waals surface area contributed by atoms with Crippen LogP contribution in [0, 0.1) is 12.1 Å². The Balaban J connectivity index is 2.67. The quantitative estimate of drug-likeness (QED) is 0.678. The van der Waals surface area contributed by atoms with E-state index in [-0.39, 0.29) is 0 Å². The average Bonchev–Trinajstić information content (AvgIpc) is 2.06. The smallest absolute Gasteiger partial charge is 0.131 e. The molecule has 0 N–H and O–H groups in total. The summed E-state index contributed by atoms with van der Waals surface area (Å²) in [6.45, 7) is 5.14. The van der Waals surface area contributed by atoms with Crippen LogP contribution in [0.1, 0.15) is 13.8 Å². The van der Waals surface area contributed by atoms with Gasteiger partial charge in [0.1, 0.15) is 11.5 Å². The van der Waals surface area contributed by atoms with E-state index in [0.717, 1.165) is 0 Å².